The molecule has 1 heterocycles. The zero-order valence-electron chi connectivity index (χ0n) is 11.1. The summed E-state index contributed by atoms with van der Waals surface area (Å²) in [6.07, 6.45) is 1.07. The lowest BCUT2D eigenvalue weighted by molar-refractivity contribution is 0.587. The minimum absolute atomic E-state index is 0.00256. The van der Waals surface area contributed by atoms with Crippen molar-refractivity contribution in [2.24, 2.45) is 0 Å². The third-order valence-electron chi connectivity index (χ3n) is 2.91. The number of hydrogen-bond donors (Lipinski definition) is 2. The van der Waals surface area contributed by atoms with Crippen LogP contribution in [0.3, 0.4) is 0 Å². The molecule has 0 aliphatic carbocycles. The second-order valence-electron chi connectivity index (χ2n) is 4.76. The number of hydrogen-bond acceptors (Lipinski definition) is 3. The highest BCUT2D eigenvalue weighted by molar-refractivity contribution is 7.88. The first-order valence-electron chi connectivity index (χ1n) is 5.84. The monoisotopic (exact) mass is 280 g/mol. The lowest BCUT2D eigenvalue weighted by Crippen LogP contribution is -2.25. The van der Waals surface area contributed by atoms with Crippen molar-refractivity contribution in [3.63, 3.8) is 0 Å². The largest absolute Gasteiger partial charge is 0.322 e. The zero-order chi connectivity index (χ0) is 14.2. The summed E-state index contributed by atoms with van der Waals surface area (Å²) in [5, 5.41) is 0.926. The van der Waals surface area contributed by atoms with Crippen molar-refractivity contribution in [1.82, 2.24) is 9.71 Å². The average molecular weight is 280 g/mol. The standard InChI is InChI=1S/C13H16N2O3S/c1-8-4-9(2)11-6-10(7-14-19(3,17)18)13(16)15-12(11)5-8/h4-6,14H,7H2,1-3H3,(H,15,16). The molecule has 0 bridgehead atoms. The first-order chi connectivity index (χ1) is 8.76. The number of aryl methyl sites for hydroxylation is 2. The normalized spacial score (nSPS) is 11.9. The molecule has 0 unspecified atom stereocenters. The van der Waals surface area contributed by atoms with Crippen LogP contribution < -0.4 is 10.3 Å². The van der Waals surface area contributed by atoms with Crippen molar-refractivity contribution >= 4 is 20.9 Å². The van der Waals surface area contributed by atoms with Gasteiger partial charge in [-0.2, -0.15) is 0 Å². The Morgan fingerprint density at radius 3 is 2.53 bits per heavy atom. The predicted molar refractivity (Wildman–Crippen MR) is 75.7 cm³/mol. The molecule has 2 rings (SSSR count). The van der Waals surface area contributed by atoms with Crippen LogP contribution in [0.5, 0.6) is 0 Å². The van der Waals surface area contributed by atoms with Crippen molar-refractivity contribution in [1.29, 1.82) is 0 Å². The summed E-state index contributed by atoms with van der Waals surface area (Å²) in [5.41, 5.74) is 3.03. The third-order valence-corrected chi connectivity index (χ3v) is 3.58. The number of nitrogens with one attached hydrogen (secondary N) is 2. The van der Waals surface area contributed by atoms with E-state index in [1.165, 1.54) is 0 Å². The Morgan fingerprint density at radius 2 is 1.89 bits per heavy atom. The van der Waals surface area contributed by atoms with Gasteiger partial charge in [-0.15, -0.1) is 0 Å². The molecule has 19 heavy (non-hydrogen) atoms. The Kier molecular flexibility index (Phi) is 3.47. The van der Waals surface area contributed by atoms with Crippen LogP contribution >= 0.6 is 0 Å². The summed E-state index contributed by atoms with van der Waals surface area (Å²) < 4.78 is 24.5. The van der Waals surface area contributed by atoms with E-state index < -0.39 is 10.0 Å². The van der Waals surface area contributed by atoms with Crippen LogP contribution in [-0.2, 0) is 16.6 Å². The molecule has 0 saturated carbocycles. The summed E-state index contributed by atoms with van der Waals surface area (Å²) in [5.74, 6) is 0. The van der Waals surface area contributed by atoms with E-state index in [1.54, 1.807) is 6.07 Å². The van der Waals surface area contributed by atoms with Gasteiger partial charge in [-0.3, -0.25) is 4.79 Å². The highest BCUT2D eigenvalue weighted by atomic mass is 32.2. The fourth-order valence-corrected chi connectivity index (χ4v) is 2.47. The van der Waals surface area contributed by atoms with Crippen molar-refractivity contribution in [2.75, 3.05) is 6.26 Å². The topological polar surface area (TPSA) is 79.0 Å². The molecule has 0 fully saturated rings. The van der Waals surface area contributed by atoms with E-state index in [4.69, 9.17) is 0 Å². The smallest absolute Gasteiger partial charge is 0.252 e. The summed E-state index contributed by atoms with van der Waals surface area (Å²) >= 11 is 0. The van der Waals surface area contributed by atoms with Crippen LogP contribution in [0, 0.1) is 13.8 Å². The number of H-pyrrole nitrogens is 1. The molecular formula is C13H16N2O3S. The molecule has 102 valence electrons. The minimum Gasteiger partial charge on any atom is -0.322 e. The summed E-state index contributed by atoms with van der Waals surface area (Å²) in [7, 11) is -3.31. The highest BCUT2D eigenvalue weighted by Gasteiger charge is 2.08. The van der Waals surface area contributed by atoms with Crippen molar-refractivity contribution < 1.29 is 8.42 Å². The maximum Gasteiger partial charge on any atom is 0.252 e. The van der Waals surface area contributed by atoms with Crippen LogP contribution in [-0.4, -0.2) is 19.7 Å². The lowest BCUT2D eigenvalue weighted by Gasteiger charge is -2.07. The molecule has 0 radical (unpaired) electrons. The lowest BCUT2D eigenvalue weighted by atomic mass is 10.0. The SMILES string of the molecule is Cc1cc(C)c2cc(CNS(C)(=O)=O)c(=O)[nH]c2c1. The van der Waals surface area contributed by atoms with Crippen LogP contribution in [0.25, 0.3) is 10.9 Å². The number of rotatable bonds is 3. The molecule has 2 N–H and O–H groups in total. The van der Waals surface area contributed by atoms with E-state index in [0.717, 1.165) is 28.3 Å². The number of sulfonamides is 1. The number of benzene rings is 1. The summed E-state index contributed by atoms with van der Waals surface area (Å²) in [4.78, 5) is 14.7. The molecule has 2 aromatic rings. The van der Waals surface area contributed by atoms with E-state index in [-0.39, 0.29) is 12.1 Å². The Balaban J connectivity index is 2.53. The van der Waals surface area contributed by atoms with E-state index in [9.17, 15) is 13.2 Å². The van der Waals surface area contributed by atoms with Gasteiger partial charge >= 0.3 is 0 Å². The average Bonchev–Trinajstić information content (AvgIpc) is 2.25. The first-order valence-corrected chi connectivity index (χ1v) is 7.73. The maximum absolute atomic E-state index is 11.9. The molecular weight excluding hydrogens is 264 g/mol. The zero-order valence-corrected chi connectivity index (χ0v) is 11.9. The number of pyridine rings is 1. The van der Waals surface area contributed by atoms with Crippen molar-refractivity contribution in [3.05, 3.63) is 45.2 Å². The molecule has 0 saturated heterocycles. The van der Waals surface area contributed by atoms with Crippen LogP contribution in [0.2, 0.25) is 0 Å². The van der Waals surface area contributed by atoms with Crippen molar-refractivity contribution in [2.45, 2.75) is 20.4 Å². The Labute approximate surface area is 111 Å². The minimum atomic E-state index is -3.31. The van der Waals surface area contributed by atoms with Gasteiger partial charge in [0.1, 0.15) is 0 Å². The van der Waals surface area contributed by atoms with E-state index in [1.807, 2.05) is 26.0 Å². The van der Waals surface area contributed by atoms with Crippen LogP contribution in [0.1, 0.15) is 16.7 Å². The fourth-order valence-electron chi connectivity index (χ4n) is 2.06. The third kappa shape index (κ3) is 3.21. The number of aromatic amines is 1. The van der Waals surface area contributed by atoms with E-state index in [0.29, 0.717) is 5.56 Å². The Bertz CT molecular complexity index is 791. The Hall–Kier alpha value is -1.66. The fraction of sp³-hybridized carbons (Fsp3) is 0.308. The molecule has 0 spiro atoms. The molecule has 0 atom stereocenters. The predicted octanol–water partition coefficient (Wildman–Crippen LogP) is 1.19. The first kappa shape index (κ1) is 13.8. The maximum atomic E-state index is 11.9. The Morgan fingerprint density at radius 1 is 1.21 bits per heavy atom. The summed E-state index contributed by atoms with van der Waals surface area (Å²) in [6, 6.07) is 5.66. The molecule has 0 amide bonds. The second kappa shape index (κ2) is 4.79. The summed E-state index contributed by atoms with van der Waals surface area (Å²) in [6.45, 7) is 3.92. The van der Waals surface area contributed by atoms with Gasteiger partial charge in [-0.25, -0.2) is 13.1 Å². The highest BCUT2D eigenvalue weighted by Crippen LogP contribution is 2.18. The molecule has 5 nitrogen and oxygen atoms in total. The van der Waals surface area contributed by atoms with E-state index >= 15 is 0 Å². The van der Waals surface area contributed by atoms with Gasteiger partial charge in [0.2, 0.25) is 10.0 Å². The quantitative estimate of drug-likeness (QED) is 0.886. The van der Waals surface area contributed by atoms with Gasteiger partial charge in [0.25, 0.3) is 5.56 Å². The molecule has 1 aromatic carbocycles. The van der Waals surface area contributed by atoms with E-state index in [2.05, 4.69) is 9.71 Å². The van der Waals surface area contributed by atoms with Gasteiger partial charge in [-0.05, 0) is 37.1 Å². The molecule has 6 heteroatoms. The van der Waals surface area contributed by atoms with Crippen LogP contribution in [0.4, 0.5) is 0 Å². The molecule has 0 aliphatic rings. The number of aromatic nitrogens is 1. The molecule has 0 aliphatic heterocycles. The van der Waals surface area contributed by atoms with Crippen LogP contribution in [0.15, 0.2) is 23.0 Å². The van der Waals surface area contributed by atoms with Crippen molar-refractivity contribution in [3.8, 4) is 0 Å². The molecule has 1 aromatic heterocycles. The number of fused-ring (bicyclic) bond motifs is 1. The van der Waals surface area contributed by atoms with Gasteiger partial charge in [0, 0.05) is 23.0 Å². The van der Waals surface area contributed by atoms with Gasteiger partial charge in [-0.1, -0.05) is 6.07 Å². The van der Waals surface area contributed by atoms with Gasteiger partial charge in [0.15, 0.2) is 0 Å². The van der Waals surface area contributed by atoms with Gasteiger partial charge < -0.3 is 4.98 Å². The second-order valence-corrected chi connectivity index (χ2v) is 6.59. The van der Waals surface area contributed by atoms with Gasteiger partial charge in [0.05, 0.1) is 6.26 Å².